The van der Waals surface area contributed by atoms with Gasteiger partial charge in [-0.15, -0.1) is 0 Å². The van der Waals surface area contributed by atoms with E-state index < -0.39 is 29.1 Å². The van der Waals surface area contributed by atoms with E-state index in [4.69, 9.17) is 5.11 Å². The molecule has 2 saturated carbocycles. The van der Waals surface area contributed by atoms with Crippen molar-refractivity contribution in [3.05, 3.63) is 35.4 Å². The van der Waals surface area contributed by atoms with Crippen molar-refractivity contribution in [2.75, 3.05) is 0 Å². The molecule has 128 valence electrons. The summed E-state index contributed by atoms with van der Waals surface area (Å²) in [7, 11) is 0. The molecule has 1 aromatic rings. The molecule has 1 spiro atoms. The van der Waals surface area contributed by atoms with Gasteiger partial charge in [-0.2, -0.15) is 0 Å². The molecule has 0 bridgehead atoms. The van der Waals surface area contributed by atoms with Crippen LogP contribution in [0.15, 0.2) is 24.3 Å². The number of aryl methyl sites for hydroxylation is 1. The molecule has 2 fully saturated rings. The Morgan fingerprint density at radius 2 is 1.92 bits per heavy atom. The SMILES string of the molecule is O=C(N[C@H]1CCCc2ccccc21)C1CC2(C1)[C@H](C(=O)O)C2(F)F. The highest BCUT2D eigenvalue weighted by molar-refractivity contribution is 5.84. The molecule has 4 nitrogen and oxygen atoms in total. The summed E-state index contributed by atoms with van der Waals surface area (Å²) in [5.41, 5.74) is 0.843. The fourth-order valence-corrected chi connectivity index (χ4v) is 4.61. The second-order valence-electron chi connectivity index (χ2n) is 7.31. The Balaban J connectivity index is 1.41. The molecule has 2 atom stereocenters. The molecule has 0 heterocycles. The summed E-state index contributed by atoms with van der Waals surface area (Å²) < 4.78 is 27.5. The molecule has 0 radical (unpaired) electrons. The minimum Gasteiger partial charge on any atom is -0.481 e. The normalized spacial score (nSPS) is 35.7. The first-order valence-corrected chi connectivity index (χ1v) is 8.35. The van der Waals surface area contributed by atoms with E-state index in [-0.39, 0.29) is 24.8 Å². The molecule has 4 rings (SSSR count). The van der Waals surface area contributed by atoms with Crippen LogP contribution in [0.4, 0.5) is 8.78 Å². The summed E-state index contributed by atoms with van der Waals surface area (Å²) in [5, 5.41) is 11.9. The number of hydrogen-bond acceptors (Lipinski definition) is 2. The lowest BCUT2D eigenvalue weighted by Gasteiger charge is -2.36. The van der Waals surface area contributed by atoms with Gasteiger partial charge < -0.3 is 10.4 Å². The minimum absolute atomic E-state index is 0.0306. The third kappa shape index (κ3) is 2.01. The van der Waals surface area contributed by atoms with Crippen molar-refractivity contribution in [2.45, 2.75) is 44.1 Å². The van der Waals surface area contributed by atoms with E-state index in [1.54, 1.807) is 0 Å². The fourth-order valence-electron chi connectivity index (χ4n) is 4.61. The number of aliphatic carboxylic acids is 1. The number of rotatable bonds is 3. The van der Waals surface area contributed by atoms with E-state index in [1.165, 1.54) is 5.56 Å². The quantitative estimate of drug-likeness (QED) is 0.892. The molecule has 2 N–H and O–H groups in total. The molecule has 1 aromatic carbocycles. The third-order valence-corrected chi connectivity index (χ3v) is 6.02. The van der Waals surface area contributed by atoms with Crippen LogP contribution in [0.2, 0.25) is 0 Å². The lowest BCUT2D eigenvalue weighted by molar-refractivity contribution is -0.142. The number of alkyl halides is 2. The summed E-state index contributed by atoms with van der Waals surface area (Å²) in [6.07, 6.45) is 2.75. The first kappa shape index (κ1) is 15.5. The van der Waals surface area contributed by atoms with Crippen molar-refractivity contribution in [3.63, 3.8) is 0 Å². The van der Waals surface area contributed by atoms with Crippen molar-refractivity contribution >= 4 is 11.9 Å². The summed E-state index contributed by atoms with van der Waals surface area (Å²) >= 11 is 0. The van der Waals surface area contributed by atoms with Crippen LogP contribution in [0, 0.1) is 17.3 Å². The second kappa shape index (κ2) is 5.01. The molecule has 0 aromatic heterocycles. The Labute approximate surface area is 138 Å². The number of carboxylic acid groups (broad SMARTS) is 1. The molecule has 1 amide bonds. The Kier molecular flexibility index (Phi) is 3.24. The predicted molar refractivity (Wildman–Crippen MR) is 81.5 cm³/mol. The lowest BCUT2D eigenvalue weighted by atomic mass is 9.69. The maximum atomic E-state index is 13.7. The van der Waals surface area contributed by atoms with Gasteiger partial charge in [0.1, 0.15) is 5.92 Å². The van der Waals surface area contributed by atoms with Gasteiger partial charge >= 0.3 is 5.97 Å². The van der Waals surface area contributed by atoms with Crippen LogP contribution in [0.5, 0.6) is 0 Å². The zero-order chi connectivity index (χ0) is 17.1. The Hall–Kier alpha value is -1.98. The van der Waals surface area contributed by atoms with Crippen LogP contribution >= 0.6 is 0 Å². The summed E-state index contributed by atoms with van der Waals surface area (Å²) in [4.78, 5) is 23.3. The highest BCUT2D eigenvalue weighted by atomic mass is 19.3. The Bertz CT molecular complexity index is 712. The Morgan fingerprint density at radius 1 is 1.21 bits per heavy atom. The topological polar surface area (TPSA) is 66.4 Å². The van der Waals surface area contributed by atoms with Crippen LogP contribution in [0.1, 0.15) is 42.9 Å². The number of carbonyl (C=O) groups is 2. The third-order valence-electron chi connectivity index (χ3n) is 6.02. The van der Waals surface area contributed by atoms with Crippen molar-refractivity contribution in [1.29, 1.82) is 0 Å². The van der Waals surface area contributed by atoms with Crippen molar-refractivity contribution in [3.8, 4) is 0 Å². The molecule has 3 aliphatic rings. The van der Waals surface area contributed by atoms with E-state index in [2.05, 4.69) is 5.32 Å². The summed E-state index contributed by atoms with van der Waals surface area (Å²) in [5.74, 6) is -6.99. The van der Waals surface area contributed by atoms with Gasteiger partial charge in [0, 0.05) is 5.92 Å². The van der Waals surface area contributed by atoms with Crippen LogP contribution in [0.25, 0.3) is 0 Å². The van der Waals surface area contributed by atoms with Gasteiger partial charge in [0.2, 0.25) is 5.91 Å². The van der Waals surface area contributed by atoms with Crippen LogP contribution in [-0.4, -0.2) is 22.9 Å². The molecule has 6 heteroatoms. The van der Waals surface area contributed by atoms with Crippen molar-refractivity contribution < 1.29 is 23.5 Å². The van der Waals surface area contributed by atoms with Crippen LogP contribution in [0.3, 0.4) is 0 Å². The van der Waals surface area contributed by atoms with E-state index in [9.17, 15) is 18.4 Å². The number of amides is 1. The van der Waals surface area contributed by atoms with Gasteiger partial charge in [-0.25, -0.2) is 8.78 Å². The first-order chi connectivity index (χ1) is 11.4. The van der Waals surface area contributed by atoms with Crippen LogP contribution < -0.4 is 5.32 Å². The van der Waals surface area contributed by atoms with Crippen molar-refractivity contribution in [1.82, 2.24) is 5.32 Å². The summed E-state index contributed by atoms with van der Waals surface area (Å²) in [6, 6.07) is 7.88. The molecule has 0 aliphatic heterocycles. The number of nitrogens with one attached hydrogen (secondary N) is 1. The number of hydrogen-bond donors (Lipinski definition) is 2. The highest BCUT2D eigenvalue weighted by Gasteiger charge is 2.87. The molecule has 0 unspecified atom stereocenters. The number of carboxylic acids is 1. The predicted octanol–water partition coefficient (Wildman–Crippen LogP) is 2.93. The number of benzene rings is 1. The van der Waals surface area contributed by atoms with Gasteiger partial charge in [-0.1, -0.05) is 24.3 Å². The minimum atomic E-state index is -3.17. The number of halogens is 2. The maximum Gasteiger partial charge on any atom is 0.313 e. The maximum absolute atomic E-state index is 13.7. The number of fused-ring (bicyclic) bond motifs is 1. The van der Waals surface area contributed by atoms with Crippen molar-refractivity contribution in [2.24, 2.45) is 17.3 Å². The molecular weight excluding hydrogens is 316 g/mol. The fraction of sp³-hybridized carbons (Fsp3) is 0.556. The zero-order valence-electron chi connectivity index (χ0n) is 13.1. The van der Waals surface area contributed by atoms with Gasteiger partial charge in [-0.3, -0.25) is 9.59 Å². The van der Waals surface area contributed by atoms with E-state index in [0.717, 1.165) is 24.8 Å². The van der Waals surface area contributed by atoms with Gasteiger partial charge in [0.15, 0.2) is 0 Å². The zero-order valence-corrected chi connectivity index (χ0v) is 13.1. The largest absolute Gasteiger partial charge is 0.481 e. The number of carbonyl (C=O) groups excluding carboxylic acids is 1. The molecular formula is C18H19F2NO3. The van der Waals surface area contributed by atoms with Gasteiger partial charge in [-0.05, 0) is 43.2 Å². The second-order valence-corrected chi connectivity index (χ2v) is 7.31. The molecule has 3 aliphatic carbocycles. The van der Waals surface area contributed by atoms with E-state index >= 15 is 0 Å². The average molecular weight is 335 g/mol. The standard InChI is InChI=1S/C18H19F2NO3/c19-18(20)14(16(23)24)17(18)8-11(9-17)15(22)21-13-7-3-5-10-4-1-2-6-12(10)13/h1-2,4,6,11,13-14H,3,5,7-9H2,(H,21,22)(H,23,24)/t11?,13-,14-,17?/m0/s1. The molecule has 0 saturated heterocycles. The van der Waals surface area contributed by atoms with E-state index in [0.29, 0.717) is 0 Å². The average Bonchev–Trinajstić information content (AvgIpc) is 3.03. The van der Waals surface area contributed by atoms with Gasteiger partial charge in [0.25, 0.3) is 5.92 Å². The Morgan fingerprint density at radius 3 is 2.58 bits per heavy atom. The lowest BCUT2D eigenvalue weighted by Crippen LogP contribution is -2.44. The first-order valence-electron chi connectivity index (χ1n) is 8.35. The van der Waals surface area contributed by atoms with Crippen LogP contribution in [-0.2, 0) is 16.0 Å². The molecule has 24 heavy (non-hydrogen) atoms. The monoisotopic (exact) mass is 335 g/mol. The van der Waals surface area contributed by atoms with E-state index in [1.807, 2.05) is 24.3 Å². The summed E-state index contributed by atoms with van der Waals surface area (Å²) in [6.45, 7) is 0. The van der Waals surface area contributed by atoms with Gasteiger partial charge in [0.05, 0.1) is 11.5 Å². The highest BCUT2D eigenvalue weighted by Crippen LogP contribution is 2.76. The smallest absolute Gasteiger partial charge is 0.313 e.